The molecule has 0 aromatic rings. The molecule has 0 aromatic carbocycles. The fraction of sp³-hybridized carbons (Fsp3) is 0.600. The average Bonchev–Trinajstić information content (AvgIpc) is 2.51. The van der Waals surface area contributed by atoms with Gasteiger partial charge in [0.05, 0.1) is 10.9 Å². The predicted molar refractivity (Wildman–Crippen MR) is 79.1 cm³/mol. The monoisotopic (exact) mass is 265 g/mol. The van der Waals surface area contributed by atoms with Crippen LogP contribution >= 0.6 is 11.9 Å². The van der Waals surface area contributed by atoms with E-state index in [0.717, 1.165) is 18.4 Å². The van der Waals surface area contributed by atoms with E-state index >= 15 is 0 Å². The van der Waals surface area contributed by atoms with Crippen molar-refractivity contribution in [2.45, 2.75) is 44.5 Å². The van der Waals surface area contributed by atoms with Gasteiger partial charge in [-0.3, -0.25) is 5.14 Å². The van der Waals surface area contributed by atoms with Gasteiger partial charge in [0.15, 0.2) is 0 Å². The smallest absolute Gasteiger partial charge is 0.0823 e. The number of aliphatic hydroxyl groups is 1. The highest BCUT2D eigenvalue weighted by Gasteiger charge is 2.31. The van der Waals surface area contributed by atoms with Crippen molar-refractivity contribution in [2.75, 3.05) is 0 Å². The summed E-state index contributed by atoms with van der Waals surface area (Å²) in [5.41, 5.74) is 2.36. The molecular formula is C15H23NOS. The van der Waals surface area contributed by atoms with E-state index in [2.05, 4.69) is 45.1 Å². The maximum atomic E-state index is 10.5. The van der Waals surface area contributed by atoms with Gasteiger partial charge in [0.25, 0.3) is 0 Å². The summed E-state index contributed by atoms with van der Waals surface area (Å²) in [4.78, 5) is 0. The van der Waals surface area contributed by atoms with Crippen molar-refractivity contribution in [1.82, 2.24) is 0 Å². The second kappa shape index (κ2) is 5.24. The third-order valence-electron chi connectivity index (χ3n) is 4.16. The lowest BCUT2D eigenvalue weighted by molar-refractivity contribution is 0.101. The van der Waals surface area contributed by atoms with Crippen LogP contribution in [0.5, 0.6) is 0 Å². The van der Waals surface area contributed by atoms with Crippen molar-refractivity contribution in [3.63, 3.8) is 0 Å². The quantitative estimate of drug-likeness (QED) is 0.754. The van der Waals surface area contributed by atoms with Crippen LogP contribution in [0, 0.1) is 11.8 Å². The zero-order chi connectivity index (χ0) is 13.3. The van der Waals surface area contributed by atoms with Gasteiger partial charge in [-0.1, -0.05) is 50.1 Å². The average molecular weight is 265 g/mol. The molecule has 3 N–H and O–H groups in total. The van der Waals surface area contributed by atoms with E-state index in [0.29, 0.717) is 11.8 Å². The fourth-order valence-corrected chi connectivity index (χ4v) is 3.08. The first-order valence-electron chi connectivity index (χ1n) is 6.64. The number of aliphatic hydroxyl groups excluding tert-OH is 1. The largest absolute Gasteiger partial charge is 0.388 e. The van der Waals surface area contributed by atoms with Crippen molar-refractivity contribution in [2.24, 2.45) is 17.0 Å². The van der Waals surface area contributed by atoms with Gasteiger partial charge in [-0.25, -0.2) is 0 Å². The highest BCUT2D eigenvalue weighted by atomic mass is 32.2. The highest BCUT2D eigenvalue weighted by molar-refractivity contribution is 7.98. The van der Waals surface area contributed by atoms with E-state index in [9.17, 15) is 5.11 Å². The molecule has 0 radical (unpaired) electrons. The van der Waals surface area contributed by atoms with Gasteiger partial charge in [0.2, 0.25) is 0 Å². The van der Waals surface area contributed by atoms with Crippen LogP contribution in [0.2, 0.25) is 0 Å². The van der Waals surface area contributed by atoms with Gasteiger partial charge >= 0.3 is 0 Å². The number of allylic oxidation sites excluding steroid dienone is 2. The molecule has 2 rings (SSSR count). The molecule has 0 bridgehead atoms. The van der Waals surface area contributed by atoms with Crippen LogP contribution in [0.3, 0.4) is 0 Å². The third-order valence-corrected chi connectivity index (χ3v) is 4.94. The SMILES string of the molecule is CC(C)C1CCC2=C(C=CC(C)(SN)C=C2)C1O. The summed E-state index contributed by atoms with van der Waals surface area (Å²) in [5.74, 6) is 0.890. The van der Waals surface area contributed by atoms with Gasteiger partial charge in [0, 0.05) is 0 Å². The second-order valence-electron chi connectivity index (χ2n) is 5.84. The lowest BCUT2D eigenvalue weighted by Gasteiger charge is -2.32. The molecule has 3 atom stereocenters. The Morgan fingerprint density at radius 1 is 1.39 bits per heavy atom. The standard InChI is InChI=1S/C15H23NOS/c1-10(2)12-5-4-11-6-8-15(3,18-16)9-7-13(11)14(12)17/h6-10,12,14,17H,4-5,16H2,1-3H3. The highest BCUT2D eigenvalue weighted by Crippen LogP contribution is 2.38. The first kappa shape index (κ1) is 13.9. The molecule has 0 fully saturated rings. The van der Waals surface area contributed by atoms with Gasteiger partial charge in [0.1, 0.15) is 0 Å². The molecule has 2 aliphatic rings. The van der Waals surface area contributed by atoms with Crippen LogP contribution in [0.15, 0.2) is 35.5 Å². The Morgan fingerprint density at radius 2 is 2.06 bits per heavy atom. The zero-order valence-corrected chi connectivity index (χ0v) is 12.2. The lowest BCUT2D eigenvalue weighted by atomic mass is 9.76. The summed E-state index contributed by atoms with van der Waals surface area (Å²) in [5, 5.41) is 16.3. The molecule has 3 unspecified atom stereocenters. The first-order chi connectivity index (χ1) is 8.47. The van der Waals surface area contributed by atoms with Crippen LogP contribution < -0.4 is 5.14 Å². The summed E-state index contributed by atoms with van der Waals surface area (Å²) in [6.07, 6.45) is 10.3. The molecule has 100 valence electrons. The van der Waals surface area contributed by atoms with E-state index in [1.807, 2.05) is 0 Å². The Hall–Kier alpha value is -0.510. The van der Waals surface area contributed by atoms with Gasteiger partial charge in [-0.15, -0.1) is 0 Å². The molecule has 0 saturated heterocycles. The molecular weight excluding hydrogens is 242 g/mol. The van der Waals surface area contributed by atoms with Crippen LogP contribution in [-0.4, -0.2) is 16.0 Å². The predicted octanol–water partition coefficient (Wildman–Crippen LogP) is 3.20. The number of hydrogen-bond donors (Lipinski definition) is 2. The molecule has 2 aliphatic carbocycles. The summed E-state index contributed by atoms with van der Waals surface area (Å²) < 4.78 is -0.162. The van der Waals surface area contributed by atoms with Gasteiger partial charge in [-0.2, -0.15) is 0 Å². The Balaban J connectivity index is 2.31. The van der Waals surface area contributed by atoms with E-state index in [4.69, 9.17) is 5.14 Å². The van der Waals surface area contributed by atoms with E-state index in [-0.39, 0.29) is 10.9 Å². The Labute approximate surface area is 114 Å². The van der Waals surface area contributed by atoms with Gasteiger partial charge in [-0.05, 0) is 42.7 Å². The molecule has 0 aliphatic heterocycles. The van der Waals surface area contributed by atoms with Crippen molar-refractivity contribution in [3.8, 4) is 0 Å². The summed E-state index contributed by atoms with van der Waals surface area (Å²) in [6, 6.07) is 0. The number of nitrogens with two attached hydrogens (primary N) is 1. The third kappa shape index (κ3) is 2.58. The van der Waals surface area contributed by atoms with Crippen LogP contribution in [0.1, 0.15) is 33.6 Å². The topological polar surface area (TPSA) is 46.2 Å². The number of hydrogen-bond acceptors (Lipinski definition) is 3. The molecule has 18 heavy (non-hydrogen) atoms. The normalized spacial score (nSPS) is 35.9. The molecule has 0 saturated carbocycles. The van der Waals surface area contributed by atoms with Gasteiger partial charge < -0.3 is 5.11 Å². The summed E-state index contributed by atoms with van der Waals surface area (Å²) in [6.45, 7) is 6.47. The fourth-order valence-electron chi connectivity index (χ4n) is 2.78. The maximum Gasteiger partial charge on any atom is 0.0823 e. The van der Waals surface area contributed by atoms with E-state index < -0.39 is 0 Å². The zero-order valence-electron chi connectivity index (χ0n) is 11.4. The van der Waals surface area contributed by atoms with Crippen molar-refractivity contribution < 1.29 is 5.11 Å². The Bertz CT molecular complexity index is 411. The Kier molecular flexibility index (Phi) is 4.05. The maximum absolute atomic E-state index is 10.5. The molecule has 0 spiro atoms. The minimum Gasteiger partial charge on any atom is -0.388 e. The molecule has 0 amide bonds. The first-order valence-corrected chi connectivity index (χ1v) is 7.52. The second-order valence-corrected chi connectivity index (χ2v) is 6.96. The minimum atomic E-state index is -0.334. The van der Waals surface area contributed by atoms with Crippen LogP contribution in [0.25, 0.3) is 0 Å². The van der Waals surface area contributed by atoms with Crippen LogP contribution in [0.4, 0.5) is 0 Å². The van der Waals surface area contributed by atoms with Crippen molar-refractivity contribution >= 4 is 11.9 Å². The Morgan fingerprint density at radius 3 is 2.67 bits per heavy atom. The molecule has 0 heterocycles. The minimum absolute atomic E-state index is 0.162. The molecule has 3 heteroatoms. The molecule has 0 aromatic heterocycles. The van der Waals surface area contributed by atoms with E-state index in [1.54, 1.807) is 0 Å². The lowest BCUT2D eigenvalue weighted by Crippen LogP contribution is -2.30. The van der Waals surface area contributed by atoms with Crippen LogP contribution in [-0.2, 0) is 0 Å². The summed E-state index contributed by atoms with van der Waals surface area (Å²) >= 11 is 1.33. The molecule has 2 nitrogen and oxygen atoms in total. The van der Waals surface area contributed by atoms with Crippen molar-refractivity contribution in [3.05, 3.63) is 35.5 Å². The van der Waals surface area contributed by atoms with E-state index in [1.165, 1.54) is 17.5 Å². The number of rotatable bonds is 2. The summed E-state index contributed by atoms with van der Waals surface area (Å²) in [7, 11) is 0. The van der Waals surface area contributed by atoms with Crippen molar-refractivity contribution in [1.29, 1.82) is 0 Å².